The van der Waals surface area contributed by atoms with E-state index >= 15 is 0 Å². The van der Waals surface area contributed by atoms with Crippen molar-refractivity contribution in [3.63, 3.8) is 0 Å². The van der Waals surface area contributed by atoms with Gasteiger partial charge in [-0.25, -0.2) is 12.8 Å². The Morgan fingerprint density at radius 2 is 2.24 bits per heavy atom. The number of ether oxygens (including phenoxy) is 1. The van der Waals surface area contributed by atoms with Crippen LogP contribution in [0.1, 0.15) is 24.2 Å². The summed E-state index contributed by atoms with van der Waals surface area (Å²) in [4.78, 5) is 0. The van der Waals surface area contributed by atoms with Gasteiger partial charge < -0.3 is 4.74 Å². The number of sulfonamides is 1. The molecule has 0 aliphatic carbocycles. The van der Waals surface area contributed by atoms with Crippen LogP contribution in [0.2, 0.25) is 5.02 Å². The van der Waals surface area contributed by atoms with E-state index in [0.29, 0.717) is 5.02 Å². The molecule has 2 heterocycles. The van der Waals surface area contributed by atoms with E-state index in [9.17, 15) is 12.8 Å². The number of hydrogen-bond donors (Lipinski definition) is 0. The third-order valence-corrected chi connectivity index (χ3v) is 6.15. The van der Waals surface area contributed by atoms with Crippen molar-refractivity contribution < 1.29 is 17.5 Å². The van der Waals surface area contributed by atoms with E-state index in [2.05, 4.69) is 5.10 Å². The molecule has 1 atom stereocenters. The molecule has 0 N–H and O–H groups in total. The SMILES string of the molecule is CCn1cc(C2CN(S(=O)(=O)Cc3cc(Cl)ccc3F)CCO2)cn1. The number of rotatable bonds is 5. The monoisotopic (exact) mass is 387 g/mol. The van der Waals surface area contributed by atoms with Crippen LogP contribution in [0.4, 0.5) is 4.39 Å². The van der Waals surface area contributed by atoms with Crippen molar-refractivity contribution in [2.24, 2.45) is 0 Å². The maximum atomic E-state index is 13.9. The fraction of sp³-hybridized carbons (Fsp3) is 0.438. The number of aromatic nitrogens is 2. The highest BCUT2D eigenvalue weighted by Crippen LogP contribution is 2.26. The van der Waals surface area contributed by atoms with Crippen LogP contribution in [0, 0.1) is 5.82 Å². The van der Waals surface area contributed by atoms with E-state index in [1.165, 1.54) is 22.5 Å². The van der Waals surface area contributed by atoms with Gasteiger partial charge in [-0.2, -0.15) is 9.40 Å². The van der Waals surface area contributed by atoms with Crippen LogP contribution in [0.3, 0.4) is 0 Å². The Morgan fingerprint density at radius 1 is 1.44 bits per heavy atom. The fourth-order valence-electron chi connectivity index (χ4n) is 2.74. The molecule has 1 aromatic carbocycles. The minimum atomic E-state index is -3.69. The number of benzene rings is 1. The van der Waals surface area contributed by atoms with Gasteiger partial charge in [-0.1, -0.05) is 11.6 Å². The van der Waals surface area contributed by atoms with E-state index in [-0.39, 0.29) is 31.4 Å². The minimum Gasteiger partial charge on any atom is -0.371 e. The highest BCUT2D eigenvalue weighted by Gasteiger charge is 2.31. The molecular weight excluding hydrogens is 369 g/mol. The van der Waals surface area contributed by atoms with E-state index < -0.39 is 21.6 Å². The quantitative estimate of drug-likeness (QED) is 0.791. The highest BCUT2D eigenvalue weighted by molar-refractivity contribution is 7.88. The average Bonchev–Trinajstić information content (AvgIpc) is 3.07. The summed E-state index contributed by atoms with van der Waals surface area (Å²) in [6.07, 6.45) is 3.14. The normalized spacial score (nSPS) is 19.2. The van der Waals surface area contributed by atoms with Gasteiger partial charge in [0.1, 0.15) is 5.82 Å². The molecule has 0 bridgehead atoms. The van der Waals surface area contributed by atoms with Crippen LogP contribution in [0.25, 0.3) is 0 Å². The summed E-state index contributed by atoms with van der Waals surface area (Å²) in [7, 11) is -3.69. The molecule has 1 aliphatic heterocycles. The van der Waals surface area contributed by atoms with E-state index in [4.69, 9.17) is 16.3 Å². The Kier molecular flexibility index (Phi) is 5.43. The van der Waals surface area contributed by atoms with Gasteiger partial charge in [0, 0.05) is 42.0 Å². The zero-order valence-electron chi connectivity index (χ0n) is 13.7. The molecule has 9 heteroatoms. The van der Waals surface area contributed by atoms with E-state index in [0.717, 1.165) is 12.1 Å². The van der Waals surface area contributed by atoms with Gasteiger partial charge in [-0.05, 0) is 25.1 Å². The second kappa shape index (κ2) is 7.41. The van der Waals surface area contributed by atoms with Crippen LogP contribution >= 0.6 is 11.6 Å². The molecule has 3 rings (SSSR count). The van der Waals surface area contributed by atoms with Gasteiger partial charge in [0.05, 0.1) is 24.7 Å². The van der Waals surface area contributed by atoms with Crippen LogP contribution in [0.5, 0.6) is 0 Å². The van der Waals surface area contributed by atoms with E-state index in [1.54, 1.807) is 10.9 Å². The van der Waals surface area contributed by atoms with Crippen molar-refractivity contribution in [3.8, 4) is 0 Å². The van der Waals surface area contributed by atoms with Crippen molar-refractivity contribution >= 4 is 21.6 Å². The number of aryl methyl sites for hydroxylation is 1. The summed E-state index contributed by atoms with van der Waals surface area (Å²) in [5, 5.41) is 4.49. The lowest BCUT2D eigenvalue weighted by molar-refractivity contribution is -0.00265. The maximum absolute atomic E-state index is 13.9. The zero-order chi connectivity index (χ0) is 18.0. The topological polar surface area (TPSA) is 64.4 Å². The van der Waals surface area contributed by atoms with Crippen LogP contribution in [0.15, 0.2) is 30.6 Å². The number of morpholine rings is 1. The average molecular weight is 388 g/mol. The summed E-state index contributed by atoms with van der Waals surface area (Å²) in [5.41, 5.74) is 0.894. The van der Waals surface area contributed by atoms with Gasteiger partial charge >= 0.3 is 0 Å². The summed E-state index contributed by atoms with van der Waals surface area (Å²) in [5.74, 6) is -1.01. The summed E-state index contributed by atoms with van der Waals surface area (Å²) >= 11 is 5.85. The second-order valence-electron chi connectivity index (χ2n) is 5.84. The first-order chi connectivity index (χ1) is 11.9. The van der Waals surface area contributed by atoms with Gasteiger partial charge in [-0.3, -0.25) is 4.68 Å². The smallest absolute Gasteiger partial charge is 0.218 e. The summed E-state index contributed by atoms with van der Waals surface area (Å²) in [6.45, 7) is 3.39. The number of hydrogen-bond acceptors (Lipinski definition) is 4. The standard InChI is InChI=1S/C16H19ClFN3O3S/c1-2-20-9-13(8-19-20)16-10-21(5-6-24-16)25(22,23)11-12-7-14(17)3-4-15(12)18/h3-4,7-9,16H,2,5-6,10-11H2,1H3. The van der Waals surface area contributed by atoms with Gasteiger partial charge in [0.25, 0.3) is 0 Å². The first kappa shape index (κ1) is 18.3. The number of nitrogens with zero attached hydrogens (tertiary/aromatic N) is 3. The summed E-state index contributed by atoms with van der Waals surface area (Å²) in [6, 6.07) is 3.91. The molecule has 136 valence electrons. The van der Waals surface area contributed by atoms with E-state index in [1.807, 2.05) is 13.1 Å². The van der Waals surface area contributed by atoms with Gasteiger partial charge in [0.2, 0.25) is 10.0 Å². The molecule has 1 aromatic heterocycles. The Labute approximate surface area is 151 Å². The van der Waals surface area contributed by atoms with Crippen LogP contribution in [-0.2, 0) is 27.1 Å². The minimum absolute atomic E-state index is 0.0642. The first-order valence-electron chi connectivity index (χ1n) is 7.94. The maximum Gasteiger partial charge on any atom is 0.218 e. The number of halogens is 2. The van der Waals surface area contributed by atoms with Crippen LogP contribution < -0.4 is 0 Å². The van der Waals surface area contributed by atoms with Crippen molar-refractivity contribution in [1.29, 1.82) is 0 Å². The lowest BCUT2D eigenvalue weighted by Crippen LogP contribution is -2.42. The first-order valence-corrected chi connectivity index (χ1v) is 9.93. The fourth-order valence-corrected chi connectivity index (χ4v) is 4.45. The van der Waals surface area contributed by atoms with Crippen molar-refractivity contribution in [2.75, 3.05) is 19.7 Å². The van der Waals surface area contributed by atoms with Gasteiger partial charge in [0.15, 0.2) is 0 Å². The molecule has 25 heavy (non-hydrogen) atoms. The largest absolute Gasteiger partial charge is 0.371 e. The Morgan fingerprint density at radius 3 is 2.96 bits per heavy atom. The lowest BCUT2D eigenvalue weighted by atomic mass is 10.2. The predicted molar refractivity (Wildman–Crippen MR) is 92.2 cm³/mol. The molecule has 1 fully saturated rings. The second-order valence-corrected chi connectivity index (χ2v) is 8.24. The summed E-state index contributed by atoms with van der Waals surface area (Å²) < 4.78 is 48.0. The molecule has 1 unspecified atom stereocenters. The predicted octanol–water partition coefficient (Wildman–Crippen LogP) is 2.60. The highest BCUT2D eigenvalue weighted by atomic mass is 35.5. The molecule has 1 saturated heterocycles. The molecule has 1 aliphatic rings. The Bertz CT molecular complexity index is 856. The van der Waals surface area contributed by atoms with Crippen molar-refractivity contribution in [3.05, 3.63) is 52.6 Å². The third kappa shape index (κ3) is 4.20. The molecule has 0 spiro atoms. The van der Waals surface area contributed by atoms with Gasteiger partial charge in [-0.15, -0.1) is 0 Å². The Hall–Kier alpha value is -1.48. The molecular formula is C16H19ClFN3O3S. The zero-order valence-corrected chi connectivity index (χ0v) is 15.3. The third-order valence-electron chi connectivity index (χ3n) is 4.12. The van der Waals surface area contributed by atoms with Crippen molar-refractivity contribution in [2.45, 2.75) is 25.3 Å². The lowest BCUT2D eigenvalue weighted by Gasteiger charge is -2.31. The van der Waals surface area contributed by atoms with Crippen molar-refractivity contribution in [1.82, 2.24) is 14.1 Å². The molecule has 0 radical (unpaired) electrons. The molecule has 6 nitrogen and oxygen atoms in total. The Balaban J connectivity index is 1.76. The van der Waals surface area contributed by atoms with Crippen LogP contribution in [-0.4, -0.2) is 42.2 Å². The molecule has 0 amide bonds. The molecule has 0 saturated carbocycles. The molecule has 2 aromatic rings.